The molecule has 1 atom stereocenters. The maximum Gasteiger partial charge on any atom is 0.123 e. The summed E-state index contributed by atoms with van der Waals surface area (Å²) in [6, 6.07) is 6.51. The molecule has 0 fully saturated rings. The van der Waals surface area contributed by atoms with Gasteiger partial charge >= 0.3 is 0 Å². The molecule has 0 saturated carbocycles. The summed E-state index contributed by atoms with van der Waals surface area (Å²) in [6.45, 7) is 1.96. The van der Waals surface area contributed by atoms with Gasteiger partial charge in [-0.15, -0.1) is 0 Å². The number of hydrogen-bond acceptors (Lipinski definition) is 2. The number of thiol groups is 1. The van der Waals surface area contributed by atoms with Gasteiger partial charge in [-0.3, -0.25) is 4.72 Å². The van der Waals surface area contributed by atoms with Crippen LogP contribution >= 0.6 is 12.8 Å². The Hall–Kier alpha value is -0.540. The predicted octanol–water partition coefficient (Wildman–Crippen LogP) is 2.32. The van der Waals surface area contributed by atoms with Gasteiger partial charge in [0.05, 0.1) is 0 Å². The molecule has 1 aromatic carbocycles. The summed E-state index contributed by atoms with van der Waals surface area (Å²) in [5, 5.41) is 0. The van der Waals surface area contributed by atoms with Crippen molar-refractivity contribution in [3.63, 3.8) is 0 Å². The maximum atomic E-state index is 12.4. The van der Waals surface area contributed by atoms with Gasteiger partial charge in [0.15, 0.2) is 0 Å². The van der Waals surface area contributed by atoms with E-state index in [0.29, 0.717) is 0 Å². The summed E-state index contributed by atoms with van der Waals surface area (Å²) in [5.74, 6) is -0.208. The third-order valence-corrected chi connectivity index (χ3v) is 1.95. The van der Waals surface area contributed by atoms with Gasteiger partial charge < -0.3 is 0 Å². The van der Waals surface area contributed by atoms with E-state index in [9.17, 15) is 4.39 Å². The quantitative estimate of drug-likeness (QED) is 0.651. The molecule has 1 aromatic rings. The maximum absolute atomic E-state index is 12.4. The molecular formula is C8H10FNS. The van der Waals surface area contributed by atoms with E-state index in [4.69, 9.17) is 0 Å². The average molecular weight is 171 g/mol. The molecule has 60 valence electrons. The molecule has 0 bridgehead atoms. The second-order valence-corrected chi connectivity index (χ2v) is 2.66. The summed E-state index contributed by atoms with van der Waals surface area (Å²) in [7, 11) is 0. The summed E-state index contributed by atoms with van der Waals surface area (Å²) < 4.78 is 15.2. The van der Waals surface area contributed by atoms with Crippen LogP contribution in [0, 0.1) is 5.82 Å². The van der Waals surface area contributed by atoms with Gasteiger partial charge in [0.1, 0.15) is 5.82 Å². The lowest BCUT2D eigenvalue weighted by Crippen LogP contribution is -2.06. The minimum Gasteiger partial charge on any atom is -0.260 e. The van der Waals surface area contributed by atoms with Crippen LogP contribution in [-0.2, 0) is 0 Å². The summed E-state index contributed by atoms with van der Waals surface area (Å²) in [5.41, 5.74) is 1.03. The van der Waals surface area contributed by atoms with E-state index in [0.717, 1.165) is 5.56 Å². The van der Waals surface area contributed by atoms with E-state index in [2.05, 4.69) is 17.5 Å². The molecule has 0 amide bonds. The topological polar surface area (TPSA) is 12.0 Å². The molecule has 1 rings (SSSR count). The van der Waals surface area contributed by atoms with Crippen LogP contribution in [0.2, 0.25) is 0 Å². The van der Waals surface area contributed by atoms with Crippen LogP contribution in [0.15, 0.2) is 24.3 Å². The Morgan fingerprint density at radius 1 is 1.36 bits per heavy atom. The molecule has 0 unspecified atom stereocenters. The van der Waals surface area contributed by atoms with Crippen LogP contribution in [0.25, 0.3) is 0 Å². The molecule has 1 nitrogen and oxygen atoms in total. The highest BCUT2D eigenvalue weighted by Gasteiger charge is 2.00. The van der Waals surface area contributed by atoms with Crippen LogP contribution in [-0.4, -0.2) is 0 Å². The van der Waals surface area contributed by atoms with Gasteiger partial charge in [0.25, 0.3) is 0 Å². The first kappa shape index (κ1) is 8.56. The van der Waals surface area contributed by atoms with Crippen molar-refractivity contribution in [1.82, 2.24) is 4.72 Å². The Bertz CT molecular complexity index is 222. The van der Waals surface area contributed by atoms with E-state index < -0.39 is 0 Å². The zero-order chi connectivity index (χ0) is 8.27. The molecule has 3 heteroatoms. The minimum atomic E-state index is -0.208. The second kappa shape index (κ2) is 3.74. The van der Waals surface area contributed by atoms with Crippen molar-refractivity contribution in [3.05, 3.63) is 35.6 Å². The molecule has 0 aromatic heterocycles. The molecule has 0 aliphatic heterocycles. The number of rotatable bonds is 2. The highest BCUT2D eigenvalue weighted by molar-refractivity contribution is 7.78. The summed E-state index contributed by atoms with van der Waals surface area (Å²) in [6.07, 6.45) is 0. The molecule has 0 spiro atoms. The van der Waals surface area contributed by atoms with Crippen molar-refractivity contribution >= 4 is 12.8 Å². The van der Waals surface area contributed by atoms with E-state index in [1.807, 2.05) is 6.92 Å². The van der Waals surface area contributed by atoms with E-state index in [-0.39, 0.29) is 11.9 Å². The number of nitrogens with one attached hydrogen (secondary N) is 1. The number of hydrogen-bond donors (Lipinski definition) is 2. The van der Waals surface area contributed by atoms with Crippen LogP contribution in [0.4, 0.5) is 4.39 Å². The Morgan fingerprint density at radius 2 is 1.91 bits per heavy atom. The van der Waals surface area contributed by atoms with Crippen LogP contribution < -0.4 is 4.72 Å². The van der Waals surface area contributed by atoms with Crippen LogP contribution in [0.5, 0.6) is 0 Å². The lowest BCUT2D eigenvalue weighted by molar-refractivity contribution is 0.625. The lowest BCUT2D eigenvalue weighted by Gasteiger charge is -2.08. The molecule has 0 saturated heterocycles. The van der Waals surface area contributed by atoms with Crippen LogP contribution in [0.1, 0.15) is 18.5 Å². The first-order valence-electron chi connectivity index (χ1n) is 3.39. The van der Waals surface area contributed by atoms with Crippen molar-refractivity contribution in [2.45, 2.75) is 13.0 Å². The third kappa shape index (κ3) is 2.20. The van der Waals surface area contributed by atoms with E-state index in [1.165, 1.54) is 12.1 Å². The van der Waals surface area contributed by atoms with Gasteiger partial charge in [-0.1, -0.05) is 24.9 Å². The average Bonchev–Trinajstić information content (AvgIpc) is 2.05. The molecule has 0 aliphatic rings. The van der Waals surface area contributed by atoms with Gasteiger partial charge in [-0.05, 0) is 24.6 Å². The highest BCUT2D eigenvalue weighted by Crippen LogP contribution is 2.12. The van der Waals surface area contributed by atoms with Crippen molar-refractivity contribution < 1.29 is 4.39 Å². The highest BCUT2D eigenvalue weighted by atomic mass is 32.1. The van der Waals surface area contributed by atoms with Crippen molar-refractivity contribution in [2.75, 3.05) is 0 Å². The molecule has 0 aliphatic carbocycles. The first-order chi connectivity index (χ1) is 5.24. The second-order valence-electron chi connectivity index (χ2n) is 2.40. The number of halogens is 1. The van der Waals surface area contributed by atoms with Crippen molar-refractivity contribution in [1.29, 1.82) is 0 Å². The third-order valence-electron chi connectivity index (χ3n) is 1.56. The zero-order valence-electron chi connectivity index (χ0n) is 6.21. The van der Waals surface area contributed by atoms with Crippen molar-refractivity contribution in [3.8, 4) is 0 Å². The normalized spacial score (nSPS) is 13.0. The zero-order valence-corrected chi connectivity index (χ0v) is 7.11. The van der Waals surface area contributed by atoms with Crippen LogP contribution in [0.3, 0.4) is 0 Å². The fraction of sp³-hybridized carbons (Fsp3) is 0.250. The Labute approximate surface area is 71.2 Å². The molecular weight excluding hydrogens is 161 g/mol. The fourth-order valence-corrected chi connectivity index (χ4v) is 0.975. The smallest absolute Gasteiger partial charge is 0.123 e. The first-order valence-corrected chi connectivity index (χ1v) is 3.84. The molecule has 11 heavy (non-hydrogen) atoms. The SMILES string of the molecule is C[C@@H](NS)c1ccc(F)cc1. The Balaban J connectivity index is 2.81. The predicted molar refractivity (Wildman–Crippen MR) is 46.9 cm³/mol. The lowest BCUT2D eigenvalue weighted by atomic mass is 10.1. The van der Waals surface area contributed by atoms with E-state index >= 15 is 0 Å². The van der Waals surface area contributed by atoms with Crippen molar-refractivity contribution in [2.24, 2.45) is 0 Å². The van der Waals surface area contributed by atoms with Gasteiger partial charge in [0, 0.05) is 6.04 Å². The monoisotopic (exact) mass is 171 g/mol. The number of benzene rings is 1. The summed E-state index contributed by atoms with van der Waals surface area (Å²) in [4.78, 5) is 0. The Kier molecular flexibility index (Phi) is 2.91. The van der Waals surface area contributed by atoms with Gasteiger partial charge in [-0.25, -0.2) is 4.39 Å². The standard InChI is InChI=1S/C8H10FNS/c1-6(10-11)7-2-4-8(9)5-3-7/h2-6,10-11H,1H3/t6-/m1/s1. The molecule has 0 heterocycles. The Morgan fingerprint density at radius 3 is 2.36 bits per heavy atom. The molecule has 0 radical (unpaired) electrons. The minimum absolute atomic E-state index is 0.152. The summed E-state index contributed by atoms with van der Waals surface area (Å²) >= 11 is 3.91. The molecule has 1 N–H and O–H groups in total. The van der Waals surface area contributed by atoms with Gasteiger partial charge in [-0.2, -0.15) is 0 Å². The largest absolute Gasteiger partial charge is 0.260 e. The fourth-order valence-electron chi connectivity index (χ4n) is 0.826. The van der Waals surface area contributed by atoms with Gasteiger partial charge in [0.2, 0.25) is 0 Å². The van der Waals surface area contributed by atoms with E-state index in [1.54, 1.807) is 12.1 Å².